The molecular weight excluding hydrogens is 461 g/mol. The average Bonchev–Trinajstić information content (AvgIpc) is 3.34. The molecule has 2 aliphatic rings. The molecule has 1 spiro atoms. The lowest BCUT2D eigenvalue weighted by molar-refractivity contribution is -0.119. The van der Waals surface area contributed by atoms with Gasteiger partial charge in [-0.1, -0.05) is 0 Å². The largest absolute Gasteiger partial charge is 0.501 e. The van der Waals surface area contributed by atoms with Gasteiger partial charge in [0.1, 0.15) is 5.54 Å². The Kier molecular flexibility index (Phi) is 5.38. The maximum atomic E-state index is 13.1. The second kappa shape index (κ2) is 7.72. The Morgan fingerprint density at radius 2 is 1.88 bits per heavy atom. The summed E-state index contributed by atoms with van der Waals surface area (Å²) in [4.78, 5) is 29.7. The van der Waals surface area contributed by atoms with E-state index in [-0.39, 0.29) is 17.6 Å². The minimum atomic E-state index is -5.53. The lowest BCUT2D eigenvalue weighted by Crippen LogP contribution is -2.35. The van der Waals surface area contributed by atoms with E-state index in [9.17, 15) is 31.2 Å². The zero-order valence-electron chi connectivity index (χ0n) is 17.7. The second-order valence-electron chi connectivity index (χ2n) is 8.42. The number of carbonyl (C=O) groups is 2. The van der Waals surface area contributed by atoms with Crippen LogP contribution in [0.3, 0.4) is 0 Å². The van der Waals surface area contributed by atoms with E-state index in [4.69, 9.17) is 0 Å². The number of sulfone groups is 1. The van der Waals surface area contributed by atoms with Gasteiger partial charge in [-0.25, -0.2) is 18.1 Å². The van der Waals surface area contributed by atoms with Crippen LogP contribution >= 0.6 is 0 Å². The molecule has 176 valence electrons. The van der Waals surface area contributed by atoms with Crippen molar-refractivity contribution in [3.8, 4) is 0 Å². The first-order valence-electron chi connectivity index (χ1n) is 10.1. The molecule has 0 radical (unpaired) electrons. The van der Waals surface area contributed by atoms with E-state index in [0.29, 0.717) is 12.8 Å². The maximum absolute atomic E-state index is 13.1. The van der Waals surface area contributed by atoms with Crippen LogP contribution in [0, 0.1) is 5.92 Å². The Morgan fingerprint density at radius 1 is 1.21 bits per heavy atom. The normalized spacial score (nSPS) is 22.7. The van der Waals surface area contributed by atoms with Crippen LogP contribution in [-0.2, 0) is 21.1 Å². The quantitative estimate of drug-likeness (QED) is 0.612. The minimum Gasteiger partial charge on any atom is -0.381 e. The molecule has 1 aliphatic carbocycles. The molecule has 2 fully saturated rings. The number of carbonyl (C=O) groups excluding carboxylic acids is 2. The highest BCUT2D eigenvalue weighted by Crippen LogP contribution is 2.50. The smallest absolute Gasteiger partial charge is 0.381 e. The summed E-state index contributed by atoms with van der Waals surface area (Å²) >= 11 is 0. The minimum absolute atomic E-state index is 0.00720. The lowest BCUT2D eigenvalue weighted by atomic mass is 10.0. The van der Waals surface area contributed by atoms with E-state index in [0.717, 1.165) is 40.4 Å². The SMILES string of the molecule is CC(C)Nc1cnccc1CC1CC12NC(=O)N(c1ccc(S(=O)(=O)C(F)(F)F)cc1)C2=O. The summed E-state index contributed by atoms with van der Waals surface area (Å²) in [5.74, 6) is -0.685. The van der Waals surface area contributed by atoms with Crippen molar-refractivity contribution in [3.63, 3.8) is 0 Å². The van der Waals surface area contributed by atoms with Crippen LogP contribution in [0.4, 0.5) is 29.3 Å². The molecule has 33 heavy (non-hydrogen) atoms. The number of pyridine rings is 1. The Labute approximate surface area is 188 Å². The summed E-state index contributed by atoms with van der Waals surface area (Å²) in [6.45, 7) is 3.97. The number of rotatable bonds is 6. The van der Waals surface area contributed by atoms with Crippen molar-refractivity contribution in [3.05, 3.63) is 48.3 Å². The number of nitrogens with one attached hydrogen (secondary N) is 2. The summed E-state index contributed by atoms with van der Waals surface area (Å²) in [5.41, 5.74) is -4.76. The van der Waals surface area contributed by atoms with Crippen LogP contribution < -0.4 is 15.5 Å². The van der Waals surface area contributed by atoms with Crippen LogP contribution in [0.1, 0.15) is 25.8 Å². The third-order valence-electron chi connectivity index (χ3n) is 5.75. The van der Waals surface area contributed by atoms with Gasteiger partial charge in [-0.2, -0.15) is 13.2 Å². The molecule has 1 saturated heterocycles. The molecule has 3 amide bonds. The fourth-order valence-corrected chi connectivity index (χ4v) is 4.79. The molecule has 8 nitrogen and oxygen atoms in total. The number of benzene rings is 1. The molecular formula is C21H21F3N4O4S. The first-order valence-corrected chi connectivity index (χ1v) is 11.6. The number of halogens is 3. The highest BCUT2D eigenvalue weighted by Gasteiger charge is 2.67. The van der Waals surface area contributed by atoms with Crippen LogP contribution in [0.5, 0.6) is 0 Å². The third kappa shape index (κ3) is 3.92. The van der Waals surface area contributed by atoms with Crippen molar-refractivity contribution >= 4 is 33.2 Å². The number of aromatic nitrogens is 1. The van der Waals surface area contributed by atoms with E-state index in [2.05, 4.69) is 15.6 Å². The van der Waals surface area contributed by atoms with Crippen molar-refractivity contribution in [1.29, 1.82) is 0 Å². The predicted molar refractivity (Wildman–Crippen MR) is 113 cm³/mol. The van der Waals surface area contributed by atoms with Crippen LogP contribution in [0.15, 0.2) is 47.6 Å². The van der Waals surface area contributed by atoms with Crippen molar-refractivity contribution in [2.45, 2.75) is 48.7 Å². The van der Waals surface area contributed by atoms with Crippen molar-refractivity contribution in [2.24, 2.45) is 5.92 Å². The van der Waals surface area contributed by atoms with Gasteiger partial charge in [-0.3, -0.25) is 9.78 Å². The van der Waals surface area contributed by atoms with Gasteiger partial charge in [0.2, 0.25) is 0 Å². The zero-order valence-corrected chi connectivity index (χ0v) is 18.5. The zero-order chi connectivity index (χ0) is 24.2. The summed E-state index contributed by atoms with van der Waals surface area (Å²) in [6.07, 6.45) is 4.27. The standard InChI is InChI=1S/C21H21F3N4O4S/c1-12(2)26-17-11-25-8-7-13(17)9-14-10-20(14)18(29)28(19(30)27-20)15-3-5-16(6-4-15)33(31,32)21(22,23)24/h3-8,11-12,14,26H,9-10H2,1-2H3,(H,27,30). The van der Waals surface area contributed by atoms with E-state index >= 15 is 0 Å². The molecule has 1 aromatic heterocycles. The molecule has 4 rings (SSSR count). The van der Waals surface area contributed by atoms with Gasteiger partial charge < -0.3 is 10.6 Å². The van der Waals surface area contributed by atoms with Crippen molar-refractivity contribution in [1.82, 2.24) is 10.3 Å². The number of nitrogens with zero attached hydrogens (tertiary/aromatic N) is 2. The predicted octanol–water partition coefficient (Wildman–Crippen LogP) is 3.25. The molecule has 1 aliphatic heterocycles. The fourth-order valence-electron chi connectivity index (χ4n) is 4.03. The maximum Gasteiger partial charge on any atom is 0.501 e. The number of urea groups is 1. The van der Waals surface area contributed by atoms with Crippen molar-refractivity contribution < 1.29 is 31.2 Å². The molecule has 2 unspecified atom stereocenters. The van der Waals surface area contributed by atoms with Crippen LogP contribution in [0.25, 0.3) is 0 Å². The monoisotopic (exact) mass is 482 g/mol. The fraction of sp³-hybridized carbons (Fsp3) is 0.381. The van der Waals surface area contributed by atoms with Gasteiger partial charge in [0, 0.05) is 12.2 Å². The molecule has 2 atom stereocenters. The molecule has 2 N–H and O–H groups in total. The number of imide groups is 1. The van der Waals surface area contributed by atoms with Gasteiger partial charge in [-0.15, -0.1) is 0 Å². The number of anilines is 2. The third-order valence-corrected chi connectivity index (χ3v) is 7.26. The first kappa shape index (κ1) is 23.0. The molecule has 2 heterocycles. The van der Waals surface area contributed by atoms with E-state index in [1.165, 1.54) is 0 Å². The van der Waals surface area contributed by atoms with Gasteiger partial charge in [0.25, 0.3) is 15.7 Å². The molecule has 1 saturated carbocycles. The van der Waals surface area contributed by atoms with Gasteiger partial charge in [0.15, 0.2) is 0 Å². The van der Waals surface area contributed by atoms with E-state index in [1.54, 1.807) is 12.4 Å². The Balaban J connectivity index is 1.53. The Bertz CT molecular complexity index is 1210. The van der Waals surface area contributed by atoms with Gasteiger partial charge in [0.05, 0.1) is 22.5 Å². The topological polar surface area (TPSA) is 108 Å². The summed E-state index contributed by atoms with van der Waals surface area (Å²) < 4.78 is 61.3. The van der Waals surface area contributed by atoms with Crippen molar-refractivity contribution in [2.75, 3.05) is 10.2 Å². The van der Waals surface area contributed by atoms with Gasteiger partial charge in [-0.05, 0) is 68.5 Å². The average molecular weight is 482 g/mol. The Morgan fingerprint density at radius 3 is 2.48 bits per heavy atom. The summed E-state index contributed by atoms with van der Waals surface area (Å²) in [7, 11) is -5.53. The second-order valence-corrected chi connectivity index (χ2v) is 10.4. The number of amides is 3. The molecule has 2 aromatic rings. The highest BCUT2D eigenvalue weighted by molar-refractivity contribution is 7.92. The summed E-state index contributed by atoms with van der Waals surface area (Å²) in [5, 5.41) is 6.00. The van der Waals surface area contributed by atoms with Gasteiger partial charge >= 0.3 is 11.5 Å². The first-order chi connectivity index (χ1) is 15.4. The van der Waals surface area contributed by atoms with Crippen LogP contribution in [0.2, 0.25) is 0 Å². The Hall–Kier alpha value is -3.15. The highest BCUT2D eigenvalue weighted by atomic mass is 32.2. The molecule has 12 heteroatoms. The summed E-state index contributed by atoms with van der Waals surface area (Å²) in [6, 6.07) is 4.80. The number of alkyl halides is 3. The number of hydrogen-bond acceptors (Lipinski definition) is 6. The number of hydrogen-bond donors (Lipinski definition) is 2. The van der Waals surface area contributed by atoms with E-state index < -0.39 is 37.7 Å². The molecule has 1 aromatic carbocycles. The lowest BCUT2D eigenvalue weighted by Gasteiger charge is -2.15. The molecule has 0 bridgehead atoms. The van der Waals surface area contributed by atoms with E-state index in [1.807, 2.05) is 19.9 Å². The van der Waals surface area contributed by atoms with Crippen LogP contribution in [-0.4, -0.2) is 42.4 Å².